The number of hydrogen-bond donors (Lipinski definition) is 2. The van der Waals surface area contributed by atoms with E-state index in [0.29, 0.717) is 0 Å². The minimum atomic E-state index is -1.03. The highest BCUT2D eigenvalue weighted by molar-refractivity contribution is 6.02. The van der Waals surface area contributed by atoms with E-state index in [1.165, 1.54) is 14.0 Å². The molecule has 0 aromatic carbocycles. The fraction of sp³-hybridized carbons (Fsp3) is 0.625. The number of hydrogen-bond acceptors (Lipinski definition) is 5. The van der Waals surface area contributed by atoms with E-state index in [9.17, 15) is 14.4 Å². The molecule has 3 N–H and O–H groups in total. The van der Waals surface area contributed by atoms with Gasteiger partial charge in [-0.15, -0.1) is 0 Å². The first kappa shape index (κ1) is 11.4. The Labute approximate surface area is 86.5 Å². The van der Waals surface area contributed by atoms with E-state index in [2.05, 4.69) is 10.1 Å². The number of nitrogens with zero attached hydrogens (tertiary/aromatic N) is 1. The van der Waals surface area contributed by atoms with Gasteiger partial charge in [0.25, 0.3) is 0 Å². The summed E-state index contributed by atoms with van der Waals surface area (Å²) in [5.41, 5.74) is 5.53. The van der Waals surface area contributed by atoms with Crippen molar-refractivity contribution in [1.29, 1.82) is 0 Å². The lowest BCUT2D eigenvalue weighted by Crippen LogP contribution is -2.52. The zero-order valence-corrected chi connectivity index (χ0v) is 8.52. The Bertz CT molecular complexity index is 288. The number of methoxy groups -OCH3 is 1. The molecule has 1 saturated heterocycles. The monoisotopic (exact) mass is 215 g/mol. The molecule has 1 heterocycles. The Morgan fingerprint density at radius 2 is 2.20 bits per heavy atom. The lowest BCUT2D eigenvalue weighted by Gasteiger charge is -2.24. The smallest absolute Gasteiger partial charge is 0.324 e. The molecule has 84 valence electrons. The molecule has 1 aliphatic rings. The maximum atomic E-state index is 11.3. The van der Waals surface area contributed by atoms with Crippen molar-refractivity contribution in [2.45, 2.75) is 19.0 Å². The molecule has 0 aliphatic carbocycles. The first-order valence-electron chi connectivity index (χ1n) is 4.42. The number of carbonyl (C=O) groups excluding carboxylic acids is 3. The molecule has 7 nitrogen and oxygen atoms in total. The van der Waals surface area contributed by atoms with Crippen LogP contribution < -0.4 is 11.1 Å². The fourth-order valence-corrected chi connectivity index (χ4v) is 1.34. The van der Waals surface area contributed by atoms with Crippen LogP contribution in [0.2, 0.25) is 0 Å². The minimum Gasteiger partial charge on any atom is -0.468 e. The van der Waals surface area contributed by atoms with Gasteiger partial charge in [0, 0.05) is 0 Å². The van der Waals surface area contributed by atoms with Gasteiger partial charge in [0.2, 0.25) is 5.91 Å². The van der Waals surface area contributed by atoms with Gasteiger partial charge in [-0.2, -0.15) is 0 Å². The topological polar surface area (TPSA) is 102 Å². The van der Waals surface area contributed by atoms with Gasteiger partial charge < -0.3 is 15.8 Å². The zero-order valence-electron chi connectivity index (χ0n) is 8.52. The molecule has 15 heavy (non-hydrogen) atoms. The molecule has 1 rings (SSSR count). The molecule has 0 radical (unpaired) electrons. The Morgan fingerprint density at radius 1 is 1.60 bits per heavy atom. The summed E-state index contributed by atoms with van der Waals surface area (Å²) in [4.78, 5) is 34.5. The summed E-state index contributed by atoms with van der Waals surface area (Å²) in [5.74, 6) is -1.05. The summed E-state index contributed by atoms with van der Waals surface area (Å²) in [6.07, 6.45) is 0. The van der Waals surface area contributed by atoms with Crippen LogP contribution in [0.1, 0.15) is 6.92 Å². The molecule has 2 unspecified atom stereocenters. The van der Waals surface area contributed by atoms with Crippen molar-refractivity contribution in [3.05, 3.63) is 0 Å². The number of nitrogens with two attached hydrogens (primary N) is 1. The Morgan fingerprint density at radius 3 is 2.60 bits per heavy atom. The second-order valence-corrected chi connectivity index (χ2v) is 3.21. The third kappa shape index (κ3) is 2.07. The average Bonchev–Trinajstić information content (AvgIpc) is 2.55. The number of rotatable bonds is 3. The van der Waals surface area contributed by atoms with Gasteiger partial charge in [-0.3, -0.25) is 14.5 Å². The van der Waals surface area contributed by atoms with Gasteiger partial charge in [0.15, 0.2) is 0 Å². The predicted octanol–water partition coefficient (Wildman–Crippen LogP) is -1.57. The Hall–Kier alpha value is -1.63. The van der Waals surface area contributed by atoms with Gasteiger partial charge in [-0.1, -0.05) is 0 Å². The second kappa shape index (κ2) is 4.26. The molecule has 2 atom stereocenters. The van der Waals surface area contributed by atoms with Crippen LogP contribution in [0.4, 0.5) is 4.79 Å². The van der Waals surface area contributed by atoms with Gasteiger partial charge in [-0.25, -0.2) is 4.79 Å². The van der Waals surface area contributed by atoms with E-state index in [-0.39, 0.29) is 6.54 Å². The van der Waals surface area contributed by atoms with Crippen molar-refractivity contribution in [2.24, 2.45) is 5.73 Å². The predicted molar refractivity (Wildman–Crippen MR) is 49.7 cm³/mol. The highest BCUT2D eigenvalue weighted by Gasteiger charge is 2.37. The molecule has 0 saturated carbocycles. The van der Waals surface area contributed by atoms with Crippen LogP contribution >= 0.6 is 0 Å². The minimum absolute atomic E-state index is 0.0585. The van der Waals surface area contributed by atoms with Crippen LogP contribution in [-0.2, 0) is 14.3 Å². The zero-order chi connectivity index (χ0) is 11.6. The number of nitrogens with one attached hydrogen (secondary N) is 1. The molecule has 3 amide bonds. The van der Waals surface area contributed by atoms with Crippen molar-refractivity contribution in [1.82, 2.24) is 10.2 Å². The van der Waals surface area contributed by atoms with Gasteiger partial charge in [-0.05, 0) is 6.92 Å². The second-order valence-electron chi connectivity index (χ2n) is 3.21. The molecular formula is C8H13N3O4. The summed E-state index contributed by atoms with van der Waals surface area (Å²) < 4.78 is 4.43. The number of carbonyl (C=O) groups is 3. The first-order valence-corrected chi connectivity index (χ1v) is 4.42. The maximum Gasteiger partial charge on any atom is 0.324 e. The van der Waals surface area contributed by atoms with E-state index in [4.69, 9.17) is 5.73 Å². The van der Waals surface area contributed by atoms with Crippen molar-refractivity contribution in [3.63, 3.8) is 0 Å². The number of imide groups is 1. The van der Waals surface area contributed by atoms with Crippen molar-refractivity contribution in [3.8, 4) is 0 Å². The number of amides is 3. The summed E-state index contributed by atoms with van der Waals surface area (Å²) in [6, 6.07) is -2.28. The van der Waals surface area contributed by atoms with E-state index >= 15 is 0 Å². The Kier molecular flexibility index (Phi) is 3.25. The molecule has 7 heteroatoms. The summed E-state index contributed by atoms with van der Waals surface area (Å²) in [5, 5.41) is 2.34. The normalized spacial score (nSPS) is 19.8. The molecule has 0 bridgehead atoms. The van der Waals surface area contributed by atoms with Crippen LogP contribution in [0.15, 0.2) is 0 Å². The summed E-state index contributed by atoms with van der Waals surface area (Å²) in [7, 11) is 1.20. The van der Waals surface area contributed by atoms with Gasteiger partial charge >= 0.3 is 12.0 Å². The SMILES string of the molecule is COC(=O)C(N)C(C)N1C(=O)CNC1=O. The summed E-state index contributed by atoms with van der Waals surface area (Å²) in [6.45, 7) is 1.46. The van der Waals surface area contributed by atoms with E-state index < -0.39 is 30.0 Å². The maximum absolute atomic E-state index is 11.3. The van der Waals surface area contributed by atoms with E-state index in [0.717, 1.165) is 4.90 Å². The molecule has 0 aromatic heterocycles. The standard InChI is InChI=1S/C8H13N3O4/c1-4(6(9)7(13)15-2)11-5(12)3-10-8(11)14/h4,6H,3,9H2,1-2H3,(H,10,14). The van der Waals surface area contributed by atoms with Crippen LogP contribution in [0.25, 0.3) is 0 Å². The van der Waals surface area contributed by atoms with Crippen LogP contribution in [-0.4, -0.2) is 48.5 Å². The lowest BCUT2D eigenvalue weighted by molar-refractivity contribution is -0.144. The highest BCUT2D eigenvalue weighted by Crippen LogP contribution is 2.09. The van der Waals surface area contributed by atoms with Gasteiger partial charge in [0.05, 0.1) is 19.7 Å². The molecular weight excluding hydrogens is 202 g/mol. The highest BCUT2D eigenvalue weighted by atomic mass is 16.5. The largest absolute Gasteiger partial charge is 0.468 e. The van der Waals surface area contributed by atoms with Gasteiger partial charge in [0.1, 0.15) is 6.04 Å². The van der Waals surface area contributed by atoms with Crippen LogP contribution in [0.5, 0.6) is 0 Å². The van der Waals surface area contributed by atoms with Crippen molar-refractivity contribution >= 4 is 17.9 Å². The van der Waals surface area contributed by atoms with E-state index in [1.807, 2.05) is 0 Å². The van der Waals surface area contributed by atoms with Crippen molar-refractivity contribution < 1.29 is 19.1 Å². The van der Waals surface area contributed by atoms with Crippen molar-refractivity contribution in [2.75, 3.05) is 13.7 Å². The lowest BCUT2D eigenvalue weighted by atomic mass is 10.1. The third-order valence-electron chi connectivity index (χ3n) is 2.28. The van der Waals surface area contributed by atoms with Crippen LogP contribution in [0, 0.1) is 0 Å². The van der Waals surface area contributed by atoms with E-state index in [1.54, 1.807) is 0 Å². The number of urea groups is 1. The molecule has 1 aliphatic heterocycles. The average molecular weight is 215 g/mol. The summed E-state index contributed by atoms with van der Waals surface area (Å²) >= 11 is 0. The number of ether oxygens (including phenoxy) is 1. The molecule has 0 aromatic rings. The number of esters is 1. The third-order valence-corrected chi connectivity index (χ3v) is 2.28. The first-order chi connectivity index (χ1) is 6.99. The quantitative estimate of drug-likeness (QED) is 0.437. The molecule has 0 spiro atoms. The molecule has 1 fully saturated rings. The Balaban J connectivity index is 2.75. The van der Waals surface area contributed by atoms with Crippen LogP contribution in [0.3, 0.4) is 0 Å². The fourth-order valence-electron chi connectivity index (χ4n) is 1.34.